The minimum absolute atomic E-state index is 0.307. The predicted octanol–water partition coefficient (Wildman–Crippen LogP) is 2.49. The third-order valence-corrected chi connectivity index (χ3v) is 4.65. The van der Waals surface area contributed by atoms with Crippen LogP contribution >= 0.6 is 0 Å². The summed E-state index contributed by atoms with van der Waals surface area (Å²) in [5.74, 6) is 1.95. The molecule has 1 saturated heterocycles. The van der Waals surface area contributed by atoms with Crippen molar-refractivity contribution in [3.63, 3.8) is 0 Å². The van der Waals surface area contributed by atoms with Crippen molar-refractivity contribution in [2.45, 2.75) is 46.6 Å². The molecule has 130 valence electrons. The molecule has 2 aromatic rings. The van der Waals surface area contributed by atoms with Crippen molar-refractivity contribution in [1.82, 2.24) is 19.9 Å². The minimum atomic E-state index is 0.307. The fraction of sp³-hybridized carbons (Fsp3) is 0.556. The van der Waals surface area contributed by atoms with Gasteiger partial charge in [-0.1, -0.05) is 5.16 Å². The average molecular weight is 330 g/mol. The number of rotatable bonds is 7. The van der Waals surface area contributed by atoms with Crippen LogP contribution in [0.4, 0.5) is 0 Å². The van der Waals surface area contributed by atoms with Crippen molar-refractivity contribution >= 4 is 5.91 Å². The van der Waals surface area contributed by atoms with Gasteiger partial charge in [0.2, 0.25) is 5.91 Å². The summed E-state index contributed by atoms with van der Waals surface area (Å²) in [6.45, 7) is 9.62. The van der Waals surface area contributed by atoms with E-state index in [0.29, 0.717) is 5.91 Å². The third kappa shape index (κ3) is 3.53. The largest absolute Gasteiger partial charge is 0.360 e. The van der Waals surface area contributed by atoms with E-state index < -0.39 is 0 Å². The Balaban J connectivity index is 1.52. The van der Waals surface area contributed by atoms with Gasteiger partial charge in [-0.2, -0.15) is 0 Å². The molecule has 1 N–H and O–H groups in total. The summed E-state index contributed by atoms with van der Waals surface area (Å²) >= 11 is 0. The molecule has 1 aliphatic heterocycles. The third-order valence-electron chi connectivity index (χ3n) is 4.65. The first-order chi connectivity index (χ1) is 11.6. The highest BCUT2D eigenvalue weighted by atomic mass is 16.5. The highest BCUT2D eigenvalue weighted by Crippen LogP contribution is 2.20. The van der Waals surface area contributed by atoms with Crippen molar-refractivity contribution in [2.24, 2.45) is 0 Å². The average Bonchev–Trinajstić information content (AvgIpc) is 3.21. The normalized spacial score (nSPS) is 14.8. The van der Waals surface area contributed by atoms with Crippen LogP contribution in [-0.4, -0.2) is 40.2 Å². The highest BCUT2D eigenvalue weighted by molar-refractivity contribution is 5.77. The van der Waals surface area contributed by atoms with E-state index in [1.165, 1.54) is 11.3 Å². The molecule has 3 heterocycles. The quantitative estimate of drug-likeness (QED) is 0.792. The summed E-state index contributed by atoms with van der Waals surface area (Å²) in [6, 6.07) is 4.14. The number of amides is 1. The molecule has 6 heteroatoms. The molecule has 1 amide bonds. The molecule has 1 aliphatic rings. The number of carbonyl (C=O) groups excluding carboxylic acids is 1. The highest BCUT2D eigenvalue weighted by Gasteiger charge is 2.19. The molecular weight excluding hydrogens is 304 g/mol. The lowest BCUT2D eigenvalue weighted by molar-refractivity contribution is -0.127. The molecule has 0 bridgehead atoms. The number of carbonyl (C=O) groups is 1. The molecule has 1 fully saturated rings. The summed E-state index contributed by atoms with van der Waals surface area (Å²) < 4.78 is 7.31. The fourth-order valence-electron chi connectivity index (χ4n) is 3.38. The molecule has 0 saturated carbocycles. The number of nitrogens with zero attached hydrogens (tertiary/aromatic N) is 3. The Labute approximate surface area is 142 Å². The van der Waals surface area contributed by atoms with Gasteiger partial charge in [0.05, 0.1) is 0 Å². The van der Waals surface area contributed by atoms with Gasteiger partial charge in [0.25, 0.3) is 0 Å². The van der Waals surface area contributed by atoms with Gasteiger partial charge in [-0.25, -0.2) is 0 Å². The van der Waals surface area contributed by atoms with Crippen LogP contribution < -0.4 is 5.32 Å². The second-order valence-corrected chi connectivity index (χ2v) is 6.54. The Morgan fingerprint density at radius 2 is 2.12 bits per heavy atom. The lowest BCUT2D eigenvalue weighted by atomic mass is 10.2. The number of nitrogens with one attached hydrogen (secondary N) is 1. The van der Waals surface area contributed by atoms with E-state index >= 15 is 0 Å². The maximum Gasteiger partial charge on any atom is 0.222 e. The summed E-state index contributed by atoms with van der Waals surface area (Å²) in [5, 5.41) is 7.60. The molecule has 0 radical (unpaired) electrons. The molecular formula is C18H26N4O2. The first-order valence-electron chi connectivity index (χ1n) is 8.66. The molecule has 3 rings (SSSR count). The van der Waals surface area contributed by atoms with Crippen molar-refractivity contribution < 1.29 is 9.32 Å². The summed E-state index contributed by atoms with van der Waals surface area (Å²) in [5.41, 5.74) is 3.61. The Bertz CT molecular complexity index is 717. The van der Waals surface area contributed by atoms with Gasteiger partial charge in [0.1, 0.15) is 5.76 Å². The zero-order valence-electron chi connectivity index (χ0n) is 14.8. The van der Waals surface area contributed by atoms with E-state index in [0.717, 1.165) is 62.7 Å². The molecule has 0 aliphatic carbocycles. The first-order valence-corrected chi connectivity index (χ1v) is 8.66. The standard InChI is InChI=1S/C18H26N4O2/c1-13-10-16(15(3)22(13)17-11-14(2)24-20-17)12-19-7-5-9-21-8-4-6-18(21)23/h10-11,19H,4-9,12H2,1-3H3. The van der Waals surface area contributed by atoms with E-state index in [-0.39, 0.29) is 0 Å². The van der Waals surface area contributed by atoms with Gasteiger partial charge >= 0.3 is 0 Å². The smallest absolute Gasteiger partial charge is 0.222 e. The van der Waals surface area contributed by atoms with Crippen LogP contribution in [0.25, 0.3) is 5.82 Å². The van der Waals surface area contributed by atoms with E-state index in [1.807, 2.05) is 17.9 Å². The van der Waals surface area contributed by atoms with Gasteiger partial charge < -0.3 is 19.3 Å². The number of aryl methyl sites for hydroxylation is 2. The topological polar surface area (TPSA) is 63.3 Å². The van der Waals surface area contributed by atoms with Crippen LogP contribution in [0.15, 0.2) is 16.7 Å². The van der Waals surface area contributed by atoms with Crippen molar-refractivity contribution in [3.8, 4) is 5.82 Å². The van der Waals surface area contributed by atoms with E-state index in [1.54, 1.807) is 0 Å². The van der Waals surface area contributed by atoms with Crippen molar-refractivity contribution in [3.05, 3.63) is 34.8 Å². The van der Waals surface area contributed by atoms with Gasteiger partial charge in [-0.05, 0) is 51.8 Å². The van der Waals surface area contributed by atoms with Crippen LogP contribution in [0.3, 0.4) is 0 Å². The van der Waals surface area contributed by atoms with Crippen molar-refractivity contribution in [1.29, 1.82) is 0 Å². The van der Waals surface area contributed by atoms with E-state index in [9.17, 15) is 4.79 Å². The van der Waals surface area contributed by atoms with Gasteiger partial charge in [0, 0.05) is 43.5 Å². The van der Waals surface area contributed by atoms with Gasteiger partial charge in [-0.15, -0.1) is 0 Å². The molecule has 0 spiro atoms. The molecule has 24 heavy (non-hydrogen) atoms. The second kappa shape index (κ2) is 7.21. The SMILES string of the molecule is Cc1cc(-n2c(C)cc(CNCCCN3CCCC3=O)c2C)no1. The van der Waals surface area contributed by atoms with Gasteiger partial charge in [0.15, 0.2) is 5.82 Å². The number of aromatic nitrogens is 2. The molecule has 0 aromatic carbocycles. The Morgan fingerprint density at radius 3 is 2.79 bits per heavy atom. The Morgan fingerprint density at radius 1 is 1.29 bits per heavy atom. The zero-order chi connectivity index (χ0) is 17.1. The lowest BCUT2D eigenvalue weighted by Gasteiger charge is -2.15. The molecule has 0 unspecified atom stereocenters. The first kappa shape index (κ1) is 16.8. The molecule has 6 nitrogen and oxygen atoms in total. The number of hydrogen-bond donors (Lipinski definition) is 1. The van der Waals surface area contributed by atoms with Crippen LogP contribution in [0.2, 0.25) is 0 Å². The maximum absolute atomic E-state index is 11.6. The predicted molar refractivity (Wildman–Crippen MR) is 92.2 cm³/mol. The maximum atomic E-state index is 11.6. The molecule has 0 atom stereocenters. The lowest BCUT2D eigenvalue weighted by Crippen LogP contribution is -2.28. The second-order valence-electron chi connectivity index (χ2n) is 6.54. The van der Waals surface area contributed by atoms with E-state index in [4.69, 9.17) is 4.52 Å². The Kier molecular flexibility index (Phi) is 5.04. The minimum Gasteiger partial charge on any atom is -0.360 e. The van der Waals surface area contributed by atoms with Crippen LogP contribution in [0, 0.1) is 20.8 Å². The monoisotopic (exact) mass is 330 g/mol. The van der Waals surface area contributed by atoms with Crippen LogP contribution in [0.1, 0.15) is 42.0 Å². The summed E-state index contributed by atoms with van der Waals surface area (Å²) in [4.78, 5) is 13.5. The fourth-order valence-corrected chi connectivity index (χ4v) is 3.38. The molecule has 2 aromatic heterocycles. The Hall–Kier alpha value is -2.08. The number of likely N-dealkylation sites (tertiary alicyclic amines) is 1. The van der Waals surface area contributed by atoms with Crippen molar-refractivity contribution in [2.75, 3.05) is 19.6 Å². The van der Waals surface area contributed by atoms with Crippen LogP contribution in [0.5, 0.6) is 0 Å². The van der Waals surface area contributed by atoms with E-state index in [2.05, 4.69) is 35.0 Å². The summed E-state index contributed by atoms with van der Waals surface area (Å²) in [7, 11) is 0. The van der Waals surface area contributed by atoms with Crippen LogP contribution in [-0.2, 0) is 11.3 Å². The zero-order valence-corrected chi connectivity index (χ0v) is 14.8. The van der Waals surface area contributed by atoms with Gasteiger partial charge in [-0.3, -0.25) is 4.79 Å². The number of hydrogen-bond acceptors (Lipinski definition) is 4. The summed E-state index contributed by atoms with van der Waals surface area (Å²) in [6.07, 6.45) is 2.73.